The smallest absolute Gasteiger partial charge is 0.336 e. The van der Waals surface area contributed by atoms with Gasteiger partial charge in [0.15, 0.2) is 6.10 Å². The minimum atomic E-state index is -1.75. The van der Waals surface area contributed by atoms with Gasteiger partial charge in [0.05, 0.1) is 12.0 Å². The first-order valence-electron chi connectivity index (χ1n) is 9.58. The molecule has 1 aromatic heterocycles. The van der Waals surface area contributed by atoms with Gasteiger partial charge >= 0.3 is 5.63 Å². The molecule has 0 fully saturated rings. The van der Waals surface area contributed by atoms with Gasteiger partial charge in [0.1, 0.15) is 11.3 Å². The third-order valence-corrected chi connectivity index (χ3v) is 4.64. The average molecular weight is 417 g/mol. The fraction of sp³-hybridized carbons (Fsp3) is 0.429. The average Bonchev–Trinajstić information content (AvgIpc) is 2.67. The van der Waals surface area contributed by atoms with Gasteiger partial charge in [-0.05, 0) is 44.4 Å². The highest BCUT2D eigenvalue weighted by molar-refractivity contribution is 5.88. The molecular weight excluding hydrogens is 394 g/mol. The molecule has 9 heteroatoms. The molecule has 0 spiro atoms. The normalized spacial score (nSPS) is 12.9. The van der Waals surface area contributed by atoms with Crippen molar-refractivity contribution in [2.24, 2.45) is 0 Å². The zero-order valence-corrected chi connectivity index (χ0v) is 17.0. The Morgan fingerprint density at radius 1 is 1.23 bits per heavy atom. The van der Waals surface area contributed by atoms with E-state index < -0.39 is 42.0 Å². The highest BCUT2D eigenvalue weighted by Gasteiger charge is 2.21. The number of ether oxygens (including phenoxy) is 1. The van der Waals surface area contributed by atoms with E-state index in [1.54, 1.807) is 19.1 Å². The Balaban J connectivity index is 2.25. The van der Waals surface area contributed by atoms with Crippen LogP contribution in [0.2, 0.25) is 0 Å². The number of hydrogen-bond donors (Lipinski definition) is 1. The summed E-state index contributed by atoms with van der Waals surface area (Å²) in [6.07, 6.45) is 0.527. The van der Waals surface area contributed by atoms with Crippen LogP contribution in [-0.2, 0) is 20.8 Å². The molecule has 2 rings (SSSR count). The molecule has 2 aromatic rings. The Morgan fingerprint density at radius 3 is 2.53 bits per heavy atom. The molecular formula is C21H23NO8-2. The summed E-state index contributed by atoms with van der Waals surface area (Å²) in [5.41, 5.74) is 1.23. The number of carboxylic acid groups (broad SMARTS) is 2. The van der Waals surface area contributed by atoms with Crippen molar-refractivity contribution in [2.45, 2.75) is 58.6 Å². The van der Waals surface area contributed by atoms with Gasteiger partial charge in [-0.3, -0.25) is 4.79 Å². The van der Waals surface area contributed by atoms with Crippen molar-refractivity contribution in [1.82, 2.24) is 5.32 Å². The van der Waals surface area contributed by atoms with E-state index >= 15 is 0 Å². The predicted molar refractivity (Wildman–Crippen MR) is 102 cm³/mol. The summed E-state index contributed by atoms with van der Waals surface area (Å²) in [4.78, 5) is 45.8. The van der Waals surface area contributed by atoms with E-state index in [1.807, 2.05) is 5.32 Å². The highest BCUT2D eigenvalue weighted by atomic mass is 16.5. The van der Waals surface area contributed by atoms with Gasteiger partial charge in [0.2, 0.25) is 0 Å². The molecule has 0 radical (unpaired) electrons. The number of carbonyl (C=O) groups excluding carboxylic acids is 3. The first-order chi connectivity index (χ1) is 14.1. The minimum absolute atomic E-state index is 0.269. The van der Waals surface area contributed by atoms with Crippen molar-refractivity contribution < 1.29 is 33.8 Å². The maximum atomic E-state index is 12.2. The lowest BCUT2D eigenvalue weighted by Gasteiger charge is -2.23. The molecule has 2 atom stereocenters. The highest BCUT2D eigenvalue weighted by Crippen LogP contribution is 2.29. The summed E-state index contributed by atoms with van der Waals surface area (Å²) in [6.45, 7) is 5.10. The molecule has 30 heavy (non-hydrogen) atoms. The Bertz CT molecular complexity index is 1010. The van der Waals surface area contributed by atoms with E-state index in [9.17, 15) is 29.4 Å². The molecule has 0 aliphatic heterocycles. The van der Waals surface area contributed by atoms with Gasteiger partial charge in [-0.25, -0.2) is 4.79 Å². The van der Waals surface area contributed by atoms with Crippen LogP contribution in [0.1, 0.15) is 44.2 Å². The van der Waals surface area contributed by atoms with Crippen molar-refractivity contribution in [2.75, 3.05) is 0 Å². The minimum Gasteiger partial charge on any atom is -0.550 e. The quantitative estimate of drug-likeness (QED) is 0.513. The molecule has 0 saturated heterocycles. The molecule has 0 aliphatic carbocycles. The lowest BCUT2D eigenvalue weighted by atomic mass is 10.0. The number of nitrogens with one attached hydrogen (secondary N) is 1. The summed E-state index contributed by atoms with van der Waals surface area (Å²) in [5.74, 6) is -3.96. The summed E-state index contributed by atoms with van der Waals surface area (Å²) < 4.78 is 11.0. The second-order valence-corrected chi connectivity index (χ2v) is 6.98. The maximum Gasteiger partial charge on any atom is 0.336 e. The van der Waals surface area contributed by atoms with Gasteiger partial charge < -0.3 is 34.3 Å². The van der Waals surface area contributed by atoms with Crippen LogP contribution in [0.4, 0.5) is 0 Å². The van der Waals surface area contributed by atoms with Crippen LogP contribution < -0.4 is 25.9 Å². The zero-order valence-electron chi connectivity index (χ0n) is 17.0. The zero-order chi connectivity index (χ0) is 22.4. The third kappa shape index (κ3) is 5.59. The monoisotopic (exact) mass is 417 g/mol. The number of hydrogen-bond acceptors (Lipinski definition) is 8. The van der Waals surface area contributed by atoms with Crippen LogP contribution in [0.15, 0.2) is 27.4 Å². The van der Waals surface area contributed by atoms with E-state index in [0.29, 0.717) is 11.1 Å². The van der Waals surface area contributed by atoms with Crippen LogP contribution in [0.25, 0.3) is 11.0 Å². The Kier molecular flexibility index (Phi) is 7.57. The molecule has 0 bridgehead atoms. The maximum absolute atomic E-state index is 12.2. The molecule has 1 N–H and O–H groups in total. The standard InChI is InChI=1S/C21H25NO8/c1-4-5-6-13-9-18(25)30-19-11(2)16(8-7-14(13)19)29-12(3)20(26)22-15(21(27)28)10-17(23)24/h7-9,12,15H,4-6,10H2,1-3H3,(H,22,26)(H,23,24)(H,27,28)/p-2/t12-,15-/m0/s1. The lowest BCUT2D eigenvalue weighted by molar-refractivity contribution is -0.317. The Hall–Kier alpha value is -3.36. The number of amides is 1. The Morgan fingerprint density at radius 2 is 1.93 bits per heavy atom. The number of unbranched alkanes of at least 4 members (excludes halogenated alkanes) is 1. The van der Waals surface area contributed by atoms with E-state index in [1.165, 1.54) is 13.0 Å². The number of carbonyl (C=O) groups is 3. The summed E-state index contributed by atoms with van der Waals surface area (Å²) in [7, 11) is 0. The van der Waals surface area contributed by atoms with Gasteiger partial charge in [-0.15, -0.1) is 0 Å². The summed E-state index contributed by atoms with van der Waals surface area (Å²) in [6, 6.07) is 3.08. The van der Waals surface area contributed by atoms with Crippen LogP contribution in [0.5, 0.6) is 5.75 Å². The van der Waals surface area contributed by atoms with Gasteiger partial charge in [0.25, 0.3) is 5.91 Å². The fourth-order valence-electron chi connectivity index (χ4n) is 3.00. The van der Waals surface area contributed by atoms with E-state index in [2.05, 4.69) is 6.92 Å². The first-order valence-corrected chi connectivity index (χ1v) is 9.58. The molecule has 0 aliphatic rings. The Labute approximate surface area is 172 Å². The van der Waals surface area contributed by atoms with Crippen LogP contribution in [-0.4, -0.2) is 30.0 Å². The number of carboxylic acids is 2. The number of rotatable bonds is 10. The molecule has 9 nitrogen and oxygen atoms in total. The third-order valence-electron chi connectivity index (χ3n) is 4.64. The number of fused-ring (bicyclic) bond motifs is 1. The largest absolute Gasteiger partial charge is 0.550 e. The lowest BCUT2D eigenvalue weighted by Crippen LogP contribution is -2.53. The molecule has 0 unspecified atom stereocenters. The number of aliphatic carboxylic acids is 2. The van der Waals surface area contributed by atoms with Gasteiger partial charge in [-0.1, -0.05) is 13.3 Å². The number of aryl methyl sites for hydroxylation is 2. The van der Waals surface area contributed by atoms with E-state index in [4.69, 9.17) is 9.15 Å². The summed E-state index contributed by atoms with van der Waals surface area (Å²) >= 11 is 0. The molecule has 162 valence electrons. The number of benzene rings is 1. The fourth-order valence-corrected chi connectivity index (χ4v) is 3.00. The summed E-state index contributed by atoms with van der Waals surface area (Å²) in [5, 5.41) is 24.4. The van der Waals surface area contributed by atoms with E-state index in [-0.39, 0.29) is 5.75 Å². The van der Waals surface area contributed by atoms with E-state index in [0.717, 1.165) is 30.2 Å². The van der Waals surface area contributed by atoms with Crippen molar-refractivity contribution in [3.63, 3.8) is 0 Å². The van der Waals surface area contributed by atoms with Crippen molar-refractivity contribution >= 4 is 28.8 Å². The molecule has 1 aromatic carbocycles. The second-order valence-electron chi connectivity index (χ2n) is 6.98. The topological polar surface area (TPSA) is 149 Å². The van der Waals surface area contributed by atoms with Crippen molar-refractivity contribution in [1.29, 1.82) is 0 Å². The second kappa shape index (κ2) is 9.91. The first kappa shape index (κ1) is 22.9. The van der Waals surface area contributed by atoms with Crippen molar-refractivity contribution in [3.8, 4) is 5.75 Å². The van der Waals surface area contributed by atoms with Crippen LogP contribution >= 0.6 is 0 Å². The molecule has 0 saturated carbocycles. The SMILES string of the molecule is CCCCc1cc(=O)oc2c(C)c(O[C@@H](C)C(=O)N[C@@H](CC(=O)[O-])C(=O)[O-])ccc12. The van der Waals surface area contributed by atoms with Crippen LogP contribution in [0.3, 0.4) is 0 Å². The van der Waals surface area contributed by atoms with Gasteiger partial charge in [0, 0.05) is 29.4 Å². The van der Waals surface area contributed by atoms with Gasteiger partial charge in [-0.2, -0.15) is 0 Å². The predicted octanol–water partition coefficient (Wildman–Crippen LogP) is -0.414. The van der Waals surface area contributed by atoms with Crippen molar-refractivity contribution in [3.05, 3.63) is 39.7 Å². The molecule has 1 heterocycles. The molecule has 1 amide bonds. The van der Waals surface area contributed by atoms with Crippen LogP contribution in [0, 0.1) is 6.92 Å².